The van der Waals surface area contributed by atoms with Crippen molar-refractivity contribution in [1.82, 2.24) is 10.2 Å². The number of aliphatic carboxylic acids is 1. The number of rotatable bonds is 4. The van der Waals surface area contributed by atoms with E-state index in [0.29, 0.717) is 13.1 Å². The van der Waals surface area contributed by atoms with Gasteiger partial charge in [-0.1, -0.05) is 19.1 Å². The zero-order valence-corrected chi connectivity index (χ0v) is 11.1. The molecule has 0 spiro atoms. The first-order valence-corrected chi connectivity index (χ1v) is 6.46. The summed E-state index contributed by atoms with van der Waals surface area (Å²) in [4.78, 5) is 24.6. The van der Waals surface area contributed by atoms with Gasteiger partial charge in [0.05, 0.1) is 0 Å². The van der Waals surface area contributed by atoms with E-state index in [1.54, 1.807) is 0 Å². The molecule has 1 fully saturated rings. The van der Waals surface area contributed by atoms with Gasteiger partial charge in [0.15, 0.2) is 0 Å². The predicted octanol–water partition coefficient (Wildman–Crippen LogP) is 1.85. The summed E-state index contributed by atoms with van der Waals surface area (Å²) in [6.45, 7) is 4.88. The summed E-state index contributed by atoms with van der Waals surface area (Å²) in [5, 5.41) is 12.0. The lowest BCUT2D eigenvalue weighted by Crippen LogP contribution is -2.55. The van der Waals surface area contributed by atoms with Crippen molar-refractivity contribution in [2.24, 2.45) is 5.92 Å². The van der Waals surface area contributed by atoms with Crippen LogP contribution in [-0.2, 0) is 4.79 Å². The van der Waals surface area contributed by atoms with E-state index < -0.39 is 12.0 Å². The molecule has 1 aliphatic heterocycles. The zero-order valence-electron chi connectivity index (χ0n) is 11.1. The summed E-state index contributed by atoms with van der Waals surface area (Å²) in [7, 11) is 0. The van der Waals surface area contributed by atoms with Crippen molar-refractivity contribution in [2.45, 2.75) is 39.2 Å². The molecule has 0 radical (unpaired) electrons. The average Bonchev–Trinajstić information content (AvgIpc) is 2.33. The van der Waals surface area contributed by atoms with Crippen LogP contribution in [0.1, 0.15) is 33.1 Å². The number of hydrogen-bond donors (Lipinski definition) is 2. The second kappa shape index (κ2) is 7.03. The average molecular weight is 254 g/mol. The van der Waals surface area contributed by atoms with Crippen LogP contribution in [0.4, 0.5) is 4.79 Å². The van der Waals surface area contributed by atoms with Crippen LogP contribution in [0.3, 0.4) is 0 Å². The van der Waals surface area contributed by atoms with Crippen molar-refractivity contribution in [1.29, 1.82) is 0 Å². The number of amides is 2. The van der Waals surface area contributed by atoms with Gasteiger partial charge in [-0.05, 0) is 32.1 Å². The van der Waals surface area contributed by atoms with Crippen LogP contribution in [0.2, 0.25) is 0 Å². The van der Waals surface area contributed by atoms with Gasteiger partial charge in [-0.3, -0.25) is 0 Å². The number of carbonyl (C=O) groups excluding carboxylic acids is 1. The van der Waals surface area contributed by atoms with E-state index in [4.69, 9.17) is 0 Å². The van der Waals surface area contributed by atoms with E-state index in [9.17, 15) is 14.7 Å². The quantitative estimate of drug-likeness (QED) is 0.594. The first-order valence-electron chi connectivity index (χ1n) is 6.46. The van der Waals surface area contributed by atoms with Crippen LogP contribution in [0.15, 0.2) is 12.2 Å². The Morgan fingerprint density at radius 3 is 2.83 bits per heavy atom. The molecule has 1 aliphatic rings. The number of urea groups is 1. The fourth-order valence-corrected chi connectivity index (χ4v) is 2.32. The molecule has 0 aliphatic carbocycles. The number of piperidine rings is 1. The SMILES string of the molecule is C/C=C/CCNC(=O)N1CCCC(C)C1C(=O)O. The molecule has 102 valence electrons. The van der Waals surface area contributed by atoms with Gasteiger partial charge < -0.3 is 15.3 Å². The molecule has 1 rings (SSSR count). The highest BCUT2D eigenvalue weighted by molar-refractivity contribution is 5.83. The summed E-state index contributed by atoms with van der Waals surface area (Å²) in [5.74, 6) is -0.900. The Hall–Kier alpha value is -1.52. The molecule has 1 saturated heterocycles. The van der Waals surface area contributed by atoms with Gasteiger partial charge in [-0.2, -0.15) is 0 Å². The first-order chi connectivity index (χ1) is 8.57. The molecule has 2 N–H and O–H groups in total. The summed E-state index contributed by atoms with van der Waals surface area (Å²) in [5.41, 5.74) is 0. The Morgan fingerprint density at radius 1 is 1.50 bits per heavy atom. The van der Waals surface area contributed by atoms with E-state index >= 15 is 0 Å². The maximum absolute atomic E-state index is 11.9. The number of carboxylic acids is 1. The van der Waals surface area contributed by atoms with Gasteiger partial charge in [0, 0.05) is 13.1 Å². The summed E-state index contributed by atoms with van der Waals surface area (Å²) in [6, 6.07) is -0.959. The molecule has 2 unspecified atom stereocenters. The summed E-state index contributed by atoms with van der Waals surface area (Å²) < 4.78 is 0. The second-order valence-electron chi connectivity index (χ2n) is 4.69. The van der Waals surface area contributed by atoms with Gasteiger partial charge in [0.1, 0.15) is 6.04 Å². The smallest absolute Gasteiger partial charge is 0.326 e. The Kier molecular flexibility index (Phi) is 5.68. The van der Waals surface area contributed by atoms with Gasteiger partial charge in [0.25, 0.3) is 0 Å². The molecular formula is C13H22N2O3. The van der Waals surface area contributed by atoms with Crippen molar-refractivity contribution in [3.63, 3.8) is 0 Å². The van der Waals surface area contributed by atoms with E-state index in [2.05, 4.69) is 5.32 Å². The van der Waals surface area contributed by atoms with Crippen LogP contribution in [0, 0.1) is 5.92 Å². The minimum Gasteiger partial charge on any atom is -0.480 e. The Balaban J connectivity index is 2.55. The van der Waals surface area contributed by atoms with E-state index in [1.807, 2.05) is 26.0 Å². The van der Waals surface area contributed by atoms with Crippen molar-refractivity contribution in [3.8, 4) is 0 Å². The van der Waals surface area contributed by atoms with Gasteiger partial charge in [-0.15, -0.1) is 0 Å². The molecule has 0 bridgehead atoms. The molecule has 0 aromatic rings. The monoisotopic (exact) mass is 254 g/mol. The van der Waals surface area contributed by atoms with Gasteiger partial charge in [0.2, 0.25) is 0 Å². The van der Waals surface area contributed by atoms with Gasteiger partial charge >= 0.3 is 12.0 Å². The molecule has 18 heavy (non-hydrogen) atoms. The molecule has 0 saturated carbocycles. The second-order valence-corrected chi connectivity index (χ2v) is 4.69. The Morgan fingerprint density at radius 2 is 2.22 bits per heavy atom. The lowest BCUT2D eigenvalue weighted by Gasteiger charge is -2.37. The number of hydrogen-bond acceptors (Lipinski definition) is 2. The number of nitrogens with zero attached hydrogens (tertiary/aromatic N) is 1. The lowest BCUT2D eigenvalue weighted by atomic mass is 9.91. The highest BCUT2D eigenvalue weighted by atomic mass is 16.4. The lowest BCUT2D eigenvalue weighted by molar-refractivity contribution is -0.145. The maximum atomic E-state index is 11.9. The van der Waals surface area contributed by atoms with E-state index in [1.165, 1.54) is 4.90 Å². The molecule has 2 atom stereocenters. The molecular weight excluding hydrogens is 232 g/mol. The topological polar surface area (TPSA) is 69.6 Å². The molecule has 1 heterocycles. The predicted molar refractivity (Wildman–Crippen MR) is 69.4 cm³/mol. The Labute approximate surface area is 108 Å². The molecule has 2 amide bonds. The third-order valence-electron chi connectivity index (χ3n) is 3.27. The molecule has 0 aromatic heterocycles. The number of carboxylic acid groups (broad SMARTS) is 1. The van der Waals surface area contributed by atoms with Crippen LogP contribution < -0.4 is 5.32 Å². The number of likely N-dealkylation sites (tertiary alicyclic amines) is 1. The molecule has 5 heteroatoms. The fraction of sp³-hybridized carbons (Fsp3) is 0.692. The number of nitrogens with one attached hydrogen (secondary N) is 1. The standard InChI is InChI=1S/C13H22N2O3/c1-3-4-5-8-14-13(18)15-9-6-7-10(2)11(15)12(16)17/h3-4,10-11H,5-9H2,1-2H3,(H,14,18)(H,16,17)/b4-3+. The van der Waals surface area contributed by atoms with Crippen LogP contribution in [-0.4, -0.2) is 41.1 Å². The molecule has 5 nitrogen and oxygen atoms in total. The minimum atomic E-state index is -0.911. The normalized spacial score (nSPS) is 24.2. The van der Waals surface area contributed by atoms with Crippen LogP contribution in [0.5, 0.6) is 0 Å². The fourth-order valence-electron chi connectivity index (χ4n) is 2.32. The number of carbonyl (C=O) groups is 2. The Bertz CT molecular complexity index is 328. The molecule has 0 aromatic carbocycles. The van der Waals surface area contributed by atoms with E-state index in [0.717, 1.165) is 19.3 Å². The summed E-state index contributed by atoms with van der Waals surface area (Å²) >= 11 is 0. The van der Waals surface area contributed by atoms with Crippen molar-refractivity contribution < 1.29 is 14.7 Å². The number of allylic oxidation sites excluding steroid dienone is 1. The zero-order chi connectivity index (χ0) is 13.5. The van der Waals surface area contributed by atoms with E-state index in [-0.39, 0.29) is 11.9 Å². The third kappa shape index (κ3) is 3.75. The van der Waals surface area contributed by atoms with Crippen molar-refractivity contribution in [2.75, 3.05) is 13.1 Å². The third-order valence-corrected chi connectivity index (χ3v) is 3.27. The highest BCUT2D eigenvalue weighted by Crippen LogP contribution is 2.23. The minimum absolute atomic E-state index is 0.0116. The van der Waals surface area contributed by atoms with Crippen molar-refractivity contribution in [3.05, 3.63) is 12.2 Å². The maximum Gasteiger partial charge on any atom is 0.326 e. The first kappa shape index (κ1) is 14.5. The van der Waals surface area contributed by atoms with Gasteiger partial charge in [-0.25, -0.2) is 9.59 Å². The van der Waals surface area contributed by atoms with Crippen molar-refractivity contribution >= 4 is 12.0 Å². The highest BCUT2D eigenvalue weighted by Gasteiger charge is 2.36. The summed E-state index contributed by atoms with van der Waals surface area (Å²) in [6.07, 6.45) is 6.39. The van der Waals surface area contributed by atoms with Crippen LogP contribution in [0.25, 0.3) is 0 Å². The van der Waals surface area contributed by atoms with Crippen LogP contribution >= 0.6 is 0 Å². The largest absolute Gasteiger partial charge is 0.480 e.